The Hall–Kier alpha value is -3.02. The van der Waals surface area contributed by atoms with Gasteiger partial charge < -0.3 is 0 Å². The molecule has 0 saturated heterocycles. The zero-order valence-electron chi connectivity index (χ0n) is 11.3. The molecule has 6 heteroatoms. The molecule has 0 unspecified atom stereocenters. The summed E-state index contributed by atoms with van der Waals surface area (Å²) >= 11 is 0. The van der Waals surface area contributed by atoms with Gasteiger partial charge in [0.05, 0.1) is 21.8 Å². The summed E-state index contributed by atoms with van der Waals surface area (Å²) < 4.78 is 1.76. The lowest BCUT2D eigenvalue weighted by atomic mass is 10.2. The molecular formula is C15H12N4O2. The van der Waals surface area contributed by atoms with Gasteiger partial charge in [0, 0.05) is 30.8 Å². The van der Waals surface area contributed by atoms with Crippen molar-refractivity contribution in [2.75, 3.05) is 0 Å². The van der Waals surface area contributed by atoms with E-state index < -0.39 is 4.92 Å². The molecule has 0 aliphatic rings. The molecule has 0 amide bonds. The molecule has 1 aromatic carbocycles. The molecule has 0 radical (unpaired) electrons. The number of pyridine rings is 1. The van der Waals surface area contributed by atoms with Crippen LogP contribution in [0.5, 0.6) is 0 Å². The molecule has 3 rings (SSSR count). The number of benzene rings is 1. The summed E-state index contributed by atoms with van der Waals surface area (Å²) in [7, 11) is 1.87. The van der Waals surface area contributed by atoms with Gasteiger partial charge in [-0.2, -0.15) is 5.10 Å². The van der Waals surface area contributed by atoms with Gasteiger partial charge in [-0.1, -0.05) is 6.07 Å². The lowest BCUT2D eigenvalue weighted by molar-refractivity contribution is -0.384. The van der Waals surface area contributed by atoms with Crippen LogP contribution in [0.2, 0.25) is 0 Å². The van der Waals surface area contributed by atoms with Crippen LogP contribution in [0.4, 0.5) is 5.69 Å². The fourth-order valence-corrected chi connectivity index (χ4v) is 2.05. The summed E-state index contributed by atoms with van der Waals surface area (Å²) in [4.78, 5) is 14.8. The van der Waals surface area contributed by atoms with Crippen molar-refractivity contribution in [1.29, 1.82) is 0 Å². The van der Waals surface area contributed by atoms with Crippen LogP contribution in [0.1, 0.15) is 11.4 Å². The maximum absolute atomic E-state index is 10.7. The Balaban J connectivity index is 1.94. The number of hydrogen-bond donors (Lipinski definition) is 0. The van der Waals surface area contributed by atoms with Gasteiger partial charge in [0.1, 0.15) is 0 Å². The molecule has 21 heavy (non-hydrogen) atoms. The third-order valence-electron chi connectivity index (χ3n) is 3.19. The minimum absolute atomic E-state index is 0.0717. The first-order valence-electron chi connectivity index (χ1n) is 6.35. The Morgan fingerprint density at radius 1 is 1.19 bits per heavy atom. The summed E-state index contributed by atoms with van der Waals surface area (Å²) in [5.41, 5.74) is 2.56. The molecule has 3 aromatic rings. The zero-order valence-corrected chi connectivity index (χ0v) is 11.3. The topological polar surface area (TPSA) is 73.8 Å². The van der Waals surface area contributed by atoms with Crippen LogP contribution in [-0.2, 0) is 7.05 Å². The lowest BCUT2D eigenvalue weighted by Gasteiger charge is -1.99. The van der Waals surface area contributed by atoms with Gasteiger partial charge in [0.25, 0.3) is 5.69 Å². The third-order valence-corrected chi connectivity index (χ3v) is 3.19. The molecule has 0 N–H and O–H groups in total. The summed E-state index contributed by atoms with van der Waals surface area (Å²) in [6.07, 6.45) is 5.54. The highest BCUT2D eigenvalue weighted by Crippen LogP contribution is 2.20. The zero-order chi connectivity index (χ0) is 14.8. The smallest absolute Gasteiger partial charge is 0.269 e. The fourth-order valence-electron chi connectivity index (χ4n) is 2.05. The van der Waals surface area contributed by atoms with E-state index >= 15 is 0 Å². The van der Waals surface area contributed by atoms with E-state index in [-0.39, 0.29) is 5.69 Å². The van der Waals surface area contributed by atoms with E-state index in [1.807, 2.05) is 37.4 Å². The second kappa shape index (κ2) is 5.16. The number of fused-ring (bicyclic) bond motifs is 1. The van der Waals surface area contributed by atoms with Gasteiger partial charge in [-0.15, -0.1) is 0 Å². The molecule has 6 nitrogen and oxygen atoms in total. The minimum atomic E-state index is -0.407. The number of aromatic nitrogens is 3. The standard InChI is InChI=1S/C15H12N4O2/c1-18-13(8-9-16-18)5-4-12-3-2-11-10-14(19(20)21)6-7-15(11)17-12/h2-10H,1H3/b5-4+. The first kappa shape index (κ1) is 13.0. The summed E-state index contributed by atoms with van der Waals surface area (Å²) in [6, 6.07) is 10.2. The monoisotopic (exact) mass is 280 g/mol. The summed E-state index contributed by atoms with van der Waals surface area (Å²) in [6.45, 7) is 0. The van der Waals surface area contributed by atoms with Crippen molar-refractivity contribution in [1.82, 2.24) is 14.8 Å². The lowest BCUT2D eigenvalue weighted by Crippen LogP contribution is -1.92. The molecule has 0 spiro atoms. The number of hydrogen-bond acceptors (Lipinski definition) is 4. The number of nitro groups is 1. The van der Waals surface area contributed by atoms with Crippen LogP contribution < -0.4 is 0 Å². The van der Waals surface area contributed by atoms with Crippen LogP contribution in [0.15, 0.2) is 42.6 Å². The second-order valence-electron chi connectivity index (χ2n) is 4.58. The number of aryl methyl sites for hydroxylation is 1. The molecule has 2 aromatic heterocycles. The highest BCUT2D eigenvalue weighted by atomic mass is 16.6. The first-order valence-corrected chi connectivity index (χ1v) is 6.35. The first-order chi connectivity index (χ1) is 10.1. The molecule has 0 saturated carbocycles. The third kappa shape index (κ3) is 2.64. The Labute approximate surface area is 120 Å². The predicted molar refractivity (Wildman–Crippen MR) is 80.5 cm³/mol. The van der Waals surface area contributed by atoms with E-state index in [2.05, 4.69) is 10.1 Å². The van der Waals surface area contributed by atoms with Gasteiger partial charge >= 0.3 is 0 Å². The van der Waals surface area contributed by atoms with E-state index in [9.17, 15) is 10.1 Å². The number of non-ortho nitro benzene ring substituents is 1. The highest BCUT2D eigenvalue weighted by Gasteiger charge is 2.06. The van der Waals surface area contributed by atoms with Crippen molar-refractivity contribution >= 4 is 28.7 Å². The van der Waals surface area contributed by atoms with E-state index in [4.69, 9.17) is 0 Å². The maximum Gasteiger partial charge on any atom is 0.270 e. The van der Waals surface area contributed by atoms with Gasteiger partial charge in [-0.05, 0) is 30.4 Å². The van der Waals surface area contributed by atoms with Crippen LogP contribution in [0.3, 0.4) is 0 Å². The van der Waals surface area contributed by atoms with E-state index in [1.54, 1.807) is 16.9 Å². The van der Waals surface area contributed by atoms with Crippen molar-refractivity contribution in [3.63, 3.8) is 0 Å². The SMILES string of the molecule is Cn1nccc1/C=C/c1ccc2cc([N+](=O)[O-])ccc2n1. The molecule has 0 aliphatic carbocycles. The highest BCUT2D eigenvalue weighted by molar-refractivity contribution is 5.82. The second-order valence-corrected chi connectivity index (χ2v) is 4.58. The van der Waals surface area contributed by atoms with E-state index in [0.29, 0.717) is 0 Å². The van der Waals surface area contributed by atoms with Crippen LogP contribution in [0, 0.1) is 10.1 Å². The Bertz CT molecular complexity index is 852. The molecule has 0 aliphatic heterocycles. The quantitative estimate of drug-likeness (QED) is 0.546. The van der Waals surface area contributed by atoms with Crippen LogP contribution >= 0.6 is 0 Å². The Morgan fingerprint density at radius 3 is 2.76 bits per heavy atom. The van der Waals surface area contributed by atoms with E-state index in [1.165, 1.54) is 12.1 Å². The molecule has 104 valence electrons. The summed E-state index contributed by atoms with van der Waals surface area (Å²) in [5, 5.41) is 15.6. The van der Waals surface area contributed by atoms with Crippen LogP contribution in [0.25, 0.3) is 23.1 Å². The van der Waals surface area contributed by atoms with Gasteiger partial charge in [0.2, 0.25) is 0 Å². The maximum atomic E-state index is 10.7. The molecule has 0 atom stereocenters. The molecular weight excluding hydrogens is 268 g/mol. The molecule has 2 heterocycles. The normalized spacial score (nSPS) is 11.3. The van der Waals surface area contributed by atoms with Gasteiger partial charge in [-0.25, -0.2) is 4.98 Å². The number of nitrogens with zero attached hydrogens (tertiary/aromatic N) is 4. The average Bonchev–Trinajstić information content (AvgIpc) is 2.89. The van der Waals surface area contributed by atoms with Gasteiger partial charge in [0.15, 0.2) is 0 Å². The largest absolute Gasteiger partial charge is 0.270 e. The average molecular weight is 280 g/mol. The van der Waals surface area contributed by atoms with Crippen molar-refractivity contribution < 1.29 is 4.92 Å². The predicted octanol–water partition coefficient (Wildman–Crippen LogP) is 3.05. The van der Waals surface area contributed by atoms with Gasteiger partial charge in [-0.3, -0.25) is 14.8 Å². The fraction of sp³-hybridized carbons (Fsp3) is 0.0667. The molecule has 0 fully saturated rings. The minimum Gasteiger partial charge on any atom is -0.269 e. The Morgan fingerprint density at radius 2 is 2.05 bits per heavy atom. The summed E-state index contributed by atoms with van der Waals surface area (Å²) in [5.74, 6) is 0. The van der Waals surface area contributed by atoms with Crippen LogP contribution in [-0.4, -0.2) is 19.7 Å². The number of rotatable bonds is 3. The van der Waals surface area contributed by atoms with Crippen molar-refractivity contribution in [3.05, 3.63) is 64.1 Å². The Kier molecular flexibility index (Phi) is 3.19. The van der Waals surface area contributed by atoms with Crippen molar-refractivity contribution in [2.24, 2.45) is 7.05 Å². The van der Waals surface area contributed by atoms with Crippen molar-refractivity contribution in [2.45, 2.75) is 0 Å². The molecule has 0 bridgehead atoms. The number of nitro benzene ring substituents is 1. The van der Waals surface area contributed by atoms with E-state index in [0.717, 1.165) is 22.3 Å². The van der Waals surface area contributed by atoms with Crippen molar-refractivity contribution in [3.8, 4) is 0 Å².